The number of rotatable bonds is 11. The highest BCUT2D eigenvalue weighted by Crippen LogP contribution is 2.38. The third kappa shape index (κ3) is 8.39. The van der Waals surface area contributed by atoms with Crippen molar-refractivity contribution in [2.45, 2.75) is 44.0 Å². The Balaban J connectivity index is 1.92. The summed E-state index contributed by atoms with van der Waals surface area (Å²) in [5, 5.41) is 5.22. The number of sulfonamides is 1. The molecule has 1 aliphatic rings. The predicted octanol–water partition coefficient (Wildman–Crippen LogP) is 3.26. The minimum absolute atomic E-state index is 0.0113. The molecule has 1 aliphatic carbocycles. The van der Waals surface area contributed by atoms with E-state index in [2.05, 4.69) is 20.6 Å². The number of likely N-dealkylation sites (N-methyl/N-ethyl adjacent to an activating group) is 2. The zero-order chi connectivity index (χ0) is 30.5. The Labute approximate surface area is 236 Å². The lowest BCUT2D eigenvalue weighted by Gasteiger charge is -2.36. The number of nitrogens with one attached hydrogen (secondary N) is 2. The first-order valence-electron chi connectivity index (χ1n) is 12.7. The van der Waals surface area contributed by atoms with Gasteiger partial charge in [-0.25, -0.2) is 17.8 Å². The molecule has 1 aromatic carbocycles. The van der Waals surface area contributed by atoms with E-state index in [9.17, 15) is 30.8 Å². The summed E-state index contributed by atoms with van der Waals surface area (Å²) in [6.45, 7) is 0.809. The highest BCUT2D eigenvalue weighted by Gasteiger charge is 2.40. The average molecular weight is 607 g/mol. The van der Waals surface area contributed by atoms with Crippen molar-refractivity contribution in [2.24, 2.45) is 0 Å². The van der Waals surface area contributed by atoms with Gasteiger partial charge in [-0.05, 0) is 39.4 Å². The van der Waals surface area contributed by atoms with Crippen molar-refractivity contribution in [2.75, 3.05) is 52.9 Å². The molecule has 0 saturated heterocycles. The summed E-state index contributed by atoms with van der Waals surface area (Å²) in [5.41, 5.74) is -1.59. The van der Waals surface area contributed by atoms with Gasteiger partial charge < -0.3 is 25.0 Å². The number of anilines is 2. The number of ether oxygens (including phenoxy) is 2. The molecular weight excluding hydrogens is 572 g/mol. The van der Waals surface area contributed by atoms with Crippen LogP contribution in [0.2, 0.25) is 0 Å². The van der Waals surface area contributed by atoms with Gasteiger partial charge in [-0.15, -0.1) is 0 Å². The number of carbonyl (C=O) groups is 1. The highest BCUT2D eigenvalue weighted by atomic mass is 32.2. The number of halogens is 4. The molecule has 2 aromatic rings. The van der Waals surface area contributed by atoms with Gasteiger partial charge in [0.25, 0.3) is 5.91 Å². The summed E-state index contributed by atoms with van der Waals surface area (Å²) in [7, 11) is 2.62. The Morgan fingerprint density at radius 2 is 1.85 bits per heavy atom. The summed E-state index contributed by atoms with van der Waals surface area (Å²) < 4.78 is 92.7. The van der Waals surface area contributed by atoms with E-state index in [0.29, 0.717) is 38.4 Å². The predicted molar refractivity (Wildman–Crippen MR) is 143 cm³/mol. The summed E-state index contributed by atoms with van der Waals surface area (Å²) >= 11 is 0. The quantitative estimate of drug-likeness (QED) is 0.371. The zero-order valence-corrected chi connectivity index (χ0v) is 24.2. The minimum Gasteiger partial charge on any atom is -0.495 e. The molecule has 1 saturated carbocycles. The molecule has 16 heteroatoms. The molecule has 1 fully saturated rings. The van der Waals surface area contributed by atoms with Crippen LogP contribution in [0.1, 0.15) is 41.6 Å². The summed E-state index contributed by atoms with van der Waals surface area (Å²) in [5.74, 6) is -2.73. The molecule has 41 heavy (non-hydrogen) atoms. The van der Waals surface area contributed by atoms with Gasteiger partial charge >= 0.3 is 6.18 Å². The van der Waals surface area contributed by atoms with E-state index in [-0.39, 0.29) is 29.5 Å². The Morgan fingerprint density at radius 3 is 2.46 bits per heavy atom. The molecule has 11 nitrogen and oxygen atoms in total. The van der Waals surface area contributed by atoms with E-state index in [1.807, 2.05) is 19.0 Å². The lowest BCUT2D eigenvalue weighted by molar-refractivity contribution is -0.140. The van der Waals surface area contributed by atoms with E-state index >= 15 is 0 Å². The molecule has 1 aromatic heterocycles. The number of nitrogens with zero attached hydrogens (tertiary/aromatic N) is 4. The molecule has 0 radical (unpaired) electrons. The van der Waals surface area contributed by atoms with Crippen LogP contribution in [0.3, 0.4) is 0 Å². The van der Waals surface area contributed by atoms with Gasteiger partial charge in [0.15, 0.2) is 0 Å². The SMILES string of the molecule is COc1cc(C(=O)NCCN(C)C)c(F)cc1Nc1ncc(C(F)(F)F)c(O[C@@H]2CCCC[C@H]2N(C)S(C)(=O)=O)n1. The number of alkyl halides is 3. The van der Waals surface area contributed by atoms with Gasteiger partial charge in [0.1, 0.15) is 23.2 Å². The molecule has 0 aliphatic heterocycles. The van der Waals surface area contributed by atoms with Crippen LogP contribution < -0.4 is 20.1 Å². The molecule has 228 valence electrons. The van der Waals surface area contributed by atoms with Crippen molar-refractivity contribution in [1.29, 1.82) is 0 Å². The van der Waals surface area contributed by atoms with Crippen LogP contribution in [0.5, 0.6) is 11.6 Å². The second-order valence-corrected chi connectivity index (χ2v) is 12.0. The first-order valence-corrected chi connectivity index (χ1v) is 14.6. The fraction of sp³-hybridized carbons (Fsp3) is 0.560. The maximum atomic E-state index is 14.9. The maximum absolute atomic E-state index is 14.9. The molecular formula is C25H34F4N6O5S. The molecule has 0 spiro atoms. The molecule has 1 amide bonds. The Bertz CT molecular complexity index is 1340. The fourth-order valence-electron chi connectivity index (χ4n) is 4.33. The minimum atomic E-state index is -4.87. The van der Waals surface area contributed by atoms with Crippen LogP contribution in [0, 0.1) is 5.82 Å². The number of amides is 1. The number of benzene rings is 1. The number of hydrogen-bond acceptors (Lipinski definition) is 9. The summed E-state index contributed by atoms with van der Waals surface area (Å²) in [6, 6.07) is 1.40. The standard InChI is InChI=1S/C25H34F4N6O5S/c1-34(2)11-10-30-22(36)15-12-21(39-4)18(13-17(15)26)32-24-31-14-16(25(27,28)29)23(33-24)40-20-9-7-6-8-19(20)35(3)41(5,37)38/h12-14,19-20H,6-11H2,1-5H3,(H,30,36)(H,31,32,33)/t19-,20-/m1/s1. The van der Waals surface area contributed by atoms with Crippen molar-refractivity contribution < 1.29 is 40.2 Å². The smallest absolute Gasteiger partial charge is 0.423 e. The number of carbonyl (C=O) groups excluding carboxylic acids is 1. The molecule has 0 unspecified atom stereocenters. The van der Waals surface area contributed by atoms with Gasteiger partial charge in [-0.2, -0.15) is 22.5 Å². The third-order valence-electron chi connectivity index (χ3n) is 6.60. The third-order valence-corrected chi connectivity index (χ3v) is 7.92. The van der Waals surface area contributed by atoms with E-state index in [4.69, 9.17) is 9.47 Å². The largest absolute Gasteiger partial charge is 0.495 e. The Morgan fingerprint density at radius 1 is 1.17 bits per heavy atom. The second kappa shape index (κ2) is 13.2. The number of methoxy groups -OCH3 is 1. The van der Waals surface area contributed by atoms with Crippen LogP contribution >= 0.6 is 0 Å². The van der Waals surface area contributed by atoms with Crippen LogP contribution in [0.15, 0.2) is 18.3 Å². The van der Waals surface area contributed by atoms with Gasteiger partial charge in [0.05, 0.1) is 30.7 Å². The van der Waals surface area contributed by atoms with Gasteiger partial charge in [0, 0.05) is 32.4 Å². The average Bonchev–Trinajstić information content (AvgIpc) is 2.87. The topological polar surface area (TPSA) is 126 Å². The summed E-state index contributed by atoms with van der Waals surface area (Å²) in [6.07, 6.45) is -2.21. The van der Waals surface area contributed by atoms with Gasteiger partial charge in [-0.3, -0.25) is 4.79 Å². The van der Waals surface area contributed by atoms with Crippen molar-refractivity contribution in [3.8, 4) is 11.6 Å². The first kappa shape index (κ1) is 32.3. The van der Waals surface area contributed by atoms with Crippen molar-refractivity contribution in [1.82, 2.24) is 24.5 Å². The molecule has 0 bridgehead atoms. The van der Waals surface area contributed by atoms with Crippen LogP contribution in [0.4, 0.5) is 29.2 Å². The Kier molecular flexibility index (Phi) is 10.4. The number of aromatic nitrogens is 2. The van der Waals surface area contributed by atoms with E-state index < -0.39 is 51.5 Å². The van der Waals surface area contributed by atoms with E-state index in [1.54, 1.807) is 0 Å². The van der Waals surface area contributed by atoms with Gasteiger partial charge in [0.2, 0.25) is 21.9 Å². The van der Waals surface area contributed by atoms with E-state index in [1.165, 1.54) is 14.2 Å². The normalized spacial score (nSPS) is 17.9. The van der Waals surface area contributed by atoms with Crippen LogP contribution in [-0.4, -0.2) is 93.2 Å². The van der Waals surface area contributed by atoms with Crippen LogP contribution in [0.25, 0.3) is 0 Å². The Hall–Kier alpha value is -3.24. The lowest BCUT2D eigenvalue weighted by atomic mass is 9.92. The fourth-order valence-corrected chi connectivity index (χ4v) is 5.07. The maximum Gasteiger partial charge on any atom is 0.423 e. The first-order chi connectivity index (χ1) is 19.1. The monoisotopic (exact) mass is 606 g/mol. The molecule has 2 N–H and O–H groups in total. The molecule has 1 heterocycles. The zero-order valence-electron chi connectivity index (χ0n) is 23.4. The molecule has 3 rings (SSSR count). The van der Waals surface area contributed by atoms with Crippen molar-refractivity contribution >= 4 is 27.6 Å². The summed E-state index contributed by atoms with van der Waals surface area (Å²) in [4.78, 5) is 21.9. The lowest BCUT2D eigenvalue weighted by Crippen LogP contribution is -2.48. The van der Waals surface area contributed by atoms with Crippen molar-refractivity contribution in [3.05, 3.63) is 35.3 Å². The number of hydrogen-bond donors (Lipinski definition) is 2. The van der Waals surface area contributed by atoms with E-state index in [0.717, 1.165) is 22.7 Å². The van der Waals surface area contributed by atoms with Crippen LogP contribution in [-0.2, 0) is 16.2 Å². The van der Waals surface area contributed by atoms with Gasteiger partial charge in [-0.1, -0.05) is 6.42 Å². The van der Waals surface area contributed by atoms with Crippen molar-refractivity contribution in [3.63, 3.8) is 0 Å². The second-order valence-electron chi connectivity index (χ2n) is 9.91. The highest BCUT2D eigenvalue weighted by molar-refractivity contribution is 7.88. The molecule has 2 atom stereocenters.